The Morgan fingerprint density at radius 2 is 1.95 bits per heavy atom. The molecule has 0 atom stereocenters. The summed E-state index contributed by atoms with van der Waals surface area (Å²) in [7, 11) is 0. The van der Waals surface area contributed by atoms with E-state index in [1.54, 1.807) is 18.2 Å². The van der Waals surface area contributed by atoms with Crippen molar-refractivity contribution in [3.05, 3.63) is 27.3 Å². The Morgan fingerprint density at radius 1 is 1.30 bits per heavy atom. The molecule has 0 aromatic heterocycles. The van der Waals surface area contributed by atoms with E-state index in [0.29, 0.717) is 11.5 Å². The Balaban J connectivity index is 2.00. The molecule has 1 aliphatic rings. The smallest absolute Gasteiger partial charge is 0.257 e. The predicted molar refractivity (Wildman–Crippen MR) is 88.0 cm³/mol. The first-order valence-electron chi connectivity index (χ1n) is 6.97. The lowest BCUT2D eigenvalue weighted by Gasteiger charge is -2.35. The van der Waals surface area contributed by atoms with Crippen LogP contribution < -0.4 is 0 Å². The summed E-state index contributed by atoms with van der Waals surface area (Å²) in [6.45, 7) is 8.79. The highest BCUT2D eigenvalue weighted by atomic mass is 127. The van der Waals surface area contributed by atoms with Crippen molar-refractivity contribution in [3.8, 4) is 5.75 Å². The highest BCUT2D eigenvalue weighted by Gasteiger charge is 2.24. The van der Waals surface area contributed by atoms with Gasteiger partial charge in [0.1, 0.15) is 5.75 Å². The van der Waals surface area contributed by atoms with Gasteiger partial charge in [0.2, 0.25) is 0 Å². The van der Waals surface area contributed by atoms with Crippen molar-refractivity contribution in [3.63, 3.8) is 0 Å². The van der Waals surface area contributed by atoms with E-state index in [2.05, 4.69) is 41.3 Å². The standard InChI is InChI=1S/C15H21IN2O2/c1-11(2)10-17-5-7-18(8-6-17)15(20)13-9-12(16)3-4-14(13)19/h3-4,9,11,19H,5-8,10H2,1-2H3. The van der Waals surface area contributed by atoms with Crippen molar-refractivity contribution in [1.82, 2.24) is 9.80 Å². The van der Waals surface area contributed by atoms with Gasteiger partial charge in [-0.1, -0.05) is 13.8 Å². The molecule has 0 bridgehead atoms. The average Bonchev–Trinajstić information content (AvgIpc) is 2.41. The molecule has 1 N–H and O–H groups in total. The molecule has 110 valence electrons. The molecule has 1 saturated heterocycles. The maximum Gasteiger partial charge on any atom is 0.257 e. The van der Waals surface area contributed by atoms with Gasteiger partial charge in [-0.25, -0.2) is 0 Å². The van der Waals surface area contributed by atoms with Crippen molar-refractivity contribution in [2.24, 2.45) is 5.92 Å². The number of aromatic hydroxyl groups is 1. The van der Waals surface area contributed by atoms with Crippen LogP contribution in [0.15, 0.2) is 18.2 Å². The quantitative estimate of drug-likeness (QED) is 0.809. The number of amides is 1. The van der Waals surface area contributed by atoms with Gasteiger partial charge in [0.15, 0.2) is 0 Å². The first-order valence-corrected chi connectivity index (χ1v) is 8.05. The van der Waals surface area contributed by atoms with Gasteiger partial charge in [0.05, 0.1) is 5.56 Å². The second kappa shape index (κ2) is 6.76. The second-order valence-electron chi connectivity index (χ2n) is 5.65. The van der Waals surface area contributed by atoms with Gasteiger partial charge >= 0.3 is 0 Å². The molecule has 1 aromatic carbocycles. The Morgan fingerprint density at radius 3 is 2.55 bits per heavy atom. The monoisotopic (exact) mass is 388 g/mol. The summed E-state index contributed by atoms with van der Waals surface area (Å²) in [6, 6.07) is 5.13. The Hall–Kier alpha value is -0.820. The Bertz CT molecular complexity index is 483. The van der Waals surface area contributed by atoms with Crippen LogP contribution in [0.1, 0.15) is 24.2 Å². The summed E-state index contributed by atoms with van der Waals surface area (Å²) in [5.74, 6) is 0.655. The number of phenolic OH excluding ortho intramolecular Hbond substituents is 1. The van der Waals surface area contributed by atoms with Crippen molar-refractivity contribution in [1.29, 1.82) is 0 Å². The van der Waals surface area contributed by atoms with Crippen LogP contribution in [0.5, 0.6) is 5.75 Å². The molecule has 1 fully saturated rings. The molecule has 2 rings (SSSR count). The van der Waals surface area contributed by atoms with E-state index >= 15 is 0 Å². The van der Waals surface area contributed by atoms with Crippen molar-refractivity contribution >= 4 is 28.5 Å². The van der Waals surface area contributed by atoms with Crippen molar-refractivity contribution in [2.75, 3.05) is 32.7 Å². The minimum absolute atomic E-state index is 0.0646. The fourth-order valence-electron chi connectivity index (χ4n) is 2.50. The number of benzene rings is 1. The van der Waals surface area contributed by atoms with Crippen molar-refractivity contribution < 1.29 is 9.90 Å². The Kier molecular flexibility index (Phi) is 5.26. The van der Waals surface area contributed by atoms with Gasteiger partial charge in [-0.2, -0.15) is 0 Å². The minimum atomic E-state index is -0.0646. The van der Waals surface area contributed by atoms with Crippen molar-refractivity contribution in [2.45, 2.75) is 13.8 Å². The minimum Gasteiger partial charge on any atom is -0.507 e. The zero-order chi connectivity index (χ0) is 14.7. The summed E-state index contributed by atoms with van der Waals surface area (Å²) in [4.78, 5) is 16.7. The van der Waals surface area contributed by atoms with Gasteiger partial charge in [-0.3, -0.25) is 9.69 Å². The van der Waals surface area contributed by atoms with E-state index in [-0.39, 0.29) is 11.7 Å². The van der Waals surface area contributed by atoms with Crippen LogP contribution in [0, 0.1) is 9.49 Å². The number of nitrogens with zero attached hydrogens (tertiary/aromatic N) is 2. The number of hydrogen-bond donors (Lipinski definition) is 1. The lowest BCUT2D eigenvalue weighted by Crippen LogP contribution is -2.49. The molecule has 20 heavy (non-hydrogen) atoms. The van der Waals surface area contributed by atoms with Crippen LogP contribution >= 0.6 is 22.6 Å². The summed E-state index contributed by atoms with van der Waals surface area (Å²) in [5, 5.41) is 9.85. The lowest BCUT2D eigenvalue weighted by atomic mass is 10.1. The zero-order valence-corrected chi connectivity index (χ0v) is 14.1. The van der Waals surface area contributed by atoms with Crippen LogP contribution in [0.3, 0.4) is 0 Å². The molecule has 1 amide bonds. The Labute approximate surface area is 133 Å². The predicted octanol–water partition coefficient (Wildman–Crippen LogP) is 2.41. The fourth-order valence-corrected chi connectivity index (χ4v) is 2.99. The highest BCUT2D eigenvalue weighted by Crippen LogP contribution is 2.22. The molecule has 0 radical (unpaired) electrons. The van der Waals surface area contributed by atoms with E-state index in [0.717, 1.165) is 36.3 Å². The third kappa shape index (κ3) is 3.85. The molecule has 1 heterocycles. The molecule has 1 aliphatic heterocycles. The van der Waals surface area contributed by atoms with Gasteiger partial charge in [0, 0.05) is 36.3 Å². The van der Waals surface area contributed by atoms with E-state index < -0.39 is 0 Å². The van der Waals surface area contributed by atoms with Gasteiger partial charge in [-0.05, 0) is 46.7 Å². The maximum atomic E-state index is 12.4. The molecule has 0 unspecified atom stereocenters. The summed E-state index contributed by atoms with van der Waals surface area (Å²) in [6.07, 6.45) is 0. The van der Waals surface area contributed by atoms with E-state index in [4.69, 9.17) is 0 Å². The highest BCUT2D eigenvalue weighted by molar-refractivity contribution is 14.1. The number of rotatable bonds is 3. The number of piperazine rings is 1. The maximum absolute atomic E-state index is 12.4. The summed E-state index contributed by atoms with van der Waals surface area (Å²) < 4.78 is 0.960. The molecular formula is C15H21IN2O2. The normalized spacial score (nSPS) is 16.7. The van der Waals surface area contributed by atoms with E-state index in [1.807, 2.05) is 4.90 Å². The third-order valence-electron chi connectivity index (χ3n) is 3.47. The van der Waals surface area contributed by atoms with Crippen LogP contribution in [0.25, 0.3) is 0 Å². The number of phenols is 1. The third-order valence-corrected chi connectivity index (χ3v) is 4.14. The van der Waals surface area contributed by atoms with E-state index in [9.17, 15) is 9.90 Å². The summed E-state index contributed by atoms with van der Waals surface area (Å²) in [5.41, 5.74) is 0.411. The first-order chi connectivity index (χ1) is 9.47. The van der Waals surface area contributed by atoms with E-state index in [1.165, 1.54) is 0 Å². The number of carbonyl (C=O) groups is 1. The van der Waals surface area contributed by atoms with Gasteiger partial charge < -0.3 is 10.0 Å². The second-order valence-corrected chi connectivity index (χ2v) is 6.89. The number of carbonyl (C=O) groups excluding carboxylic acids is 1. The first kappa shape index (κ1) is 15.6. The number of halogens is 1. The van der Waals surface area contributed by atoms with Crippen LogP contribution in [-0.4, -0.2) is 53.5 Å². The molecular weight excluding hydrogens is 367 g/mol. The number of hydrogen-bond acceptors (Lipinski definition) is 3. The average molecular weight is 388 g/mol. The summed E-state index contributed by atoms with van der Waals surface area (Å²) >= 11 is 2.15. The molecule has 1 aromatic rings. The lowest BCUT2D eigenvalue weighted by molar-refractivity contribution is 0.0621. The van der Waals surface area contributed by atoms with Gasteiger partial charge in [-0.15, -0.1) is 0 Å². The molecule has 0 spiro atoms. The largest absolute Gasteiger partial charge is 0.507 e. The molecule has 4 nitrogen and oxygen atoms in total. The zero-order valence-electron chi connectivity index (χ0n) is 12.0. The SMILES string of the molecule is CC(C)CN1CCN(C(=O)c2cc(I)ccc2O)CC1. The fraction of sp³-hybridized carbons (Fsp3) is 0.533. The molecule has 0 aliphatic carbocycles. The van der Waals surface area contributed by atoms with Crippen LogP contribution in [-0.2, 0) is 0 Å². The molecule has 0 saturated carbocycles. The van der Waals surface area contributed by atoms with Crippen LogP contribution in [0.4, 0.5) is 0 Å². The van der Waals surface area contributed by atoms with Crippen LogP contribution in [0.2, 0.25) is 0 Å². The van der Waals surface area contributed by atoms with Gasteiger partial charge in [0.25, 0.3) is 5.91 Å². The topological polar surface area (TPSA) is 43.8 Å². The molecule has 5 heteroatoms.